The van der Waals surface area contributed by atoms with E-state index in [1.807, 2.05) is 23.8 Å². The lowest BCUT2D eigenvalue weighted by Crippen LogP contribution is -2.20. The van der Waals surface area contributed by atoms with Crippen LogP contribution in [0.4, 0.5) is 4.39 Å². The van der Waals surface area contributed by atoms with Crippen LogP contribution in [0.2, 0.25) is 0 Å². The number of thioether (sulfide) groups is 1. The predicted octanol–water partition coefficient (Wildman–Crippen LogP) is 2.57. The molecule has 0 atom stereocenters. The van der Waals surface area contributed by atoms with Crippen molar-refractivity contribution in [3.63, 3.8) is 0 Å². The first kappa shape index (κ1) is 18.3. The van der Waals surface area contributed by atoms with Crippen molar-refractivity contribution >= 4 is 11.8 Å². The molecule has 1 aromatic carbocycles. The lowest BCUT2D eigenvalue weighted by Gasteiger charge is -2.13. The molecule has 0 spiro atoms. The Bertz CT molecular complexity index is 982. The lowest BCUT2D eigenvalue weighted by molar-refractivity contribution is 0.613. The predicted molar refractivity (Wildman–Crippen MR) is 98.9 cm³/mol. The molecule has 0 saturated carbocycles. The minimum atomic E-state index is -0.264. The van der Waals surface area contributed by atoms with Crippen LogP contribution in [-0.4, -0.2) is 30.1 Å². The molecule has 0 saturated heterocycles. The van der Waals surface area contributed by atoms with Gasteiger partial charge < -0.3 is 4.57 Å². The molecule has 0 aliphatic heterocycles. The Balaban J connectivity index is 1.96. The molecule has 0 bridgehead atoms. The highest BCUT2D eigenvalue weighted by Crippen LogP contribution is 2.18. The van der Waals surface area contributed by atoms with E-state index in [4.69, 9.17) is 0 Å². The third-order valence-corrected chi connectivity index (χ3v) is 4.75. The quantitative estimate of drug-likeness (QED) is 0.491. The van der Waals surface area contributed by atoms with Crippen LogP contribution in [0, 0.1) is 12.7 Å². The zero-order chi connectivity index (χ0) is 18.7. The monoisotopic (exact) mass is 373 g/mol. The Morgan fingerprint density at radius 3 is 2.77 bits per heavy atom. The van der Waals surface area contributed by atoms with Crippen LogP contribution in [0.15, 0.2) is 40.7 Å². The number of rotatable bonds is 6. The molecule has 0 aliphatic rings. The van der Waals surface area contributed by atoms with Gasteiger partial charge in [-0.15, -0.1) is 0 Å². The highest BCUT2D eigenvalue weighted by molar-refractivity contribution is 7.99. The van der Waals surface area contributed by atoms with Crippen LogP contribution >= 0.6 is 11.8 Å². The van der Waals surface area contributed by atoms with E-state index in [1.165, 1.54) is 17.8 Å². The number of aromatic nitrogens is 5. The van der Waals surface area contributed by atoms with Crippen molar-refractivity contribution in [1.82, 2.24) is 24.3 Å². The molecule has 26 heavy (non-hydrogen) atoms. The van der Waals surface area contributed by atoms with Crippen molar-refractivity contribution in [1.29, 1.82) is 0 Å². The maximum atomic E-state index is 13.5. The molecule has 8 heteroatoms. The average Bonchev–Trinajstić information content (AvgIpc) is 3.00. The summed E-state index contributed by atoms with van der Waals surface area (Å²) in [7, 11) is 1.78. The van der Waals surface area contributed by atoms with Crippen molar-refractivity contribution in [2.75, 3.05) is 5.75 Å². The van der Waals surface area contributed by atoms with Crippen LogP contribution < -0.4 is 5.56 Å². The fourth-order valence-corrected chi connectivity index (χ4v) is 3.33. The van der Waals surface area contributed by atoms with Gasteiger partial charge in [-0.25, -0.2) is 9.37 Å². The van der Waals surface area contributed by atoms with Crippen molar-refractivity contribution in [2.24, 2.45) is 7.05 Å². The molecule has 0 radical (unpaired) electrons. The third kappa shape index (κ3) is 4.19. The highest BCUT2D eigenvalue weighted by atomic mass is 32.2. The average molecular weight is 373 g/mol. The van der Waals surface area contributed by atoms with E-state index in [0.717, 1.165) is 11.3 Å². The van der Waals surface area contributed by atoms with Crippen molar-refractivity contribution in [3.8, 4) is 0 Å². The standard InChI is InChI=1S/C18H20FN5OS/c1-4-26-18-21-17(25)14(8-16-20-11-23(3)22-16)10-24(18)9-13-5-6-15(19)12(2)7-13/h5-7,10-11H,4,8-9H2,1-3H3. The van der Waals surface area contributed by atoms with Crippen LogP contribution in [0.1, 0.15) is 29.4 Å². The molecule has 2 aromatic heterocycles. The molecule has 6 nitrogen and oxygen atoms in total. The van der Waals surface area contributed by atoms with Gasteiger partial charge in [-0.1, -0.05) is 30.8 Å². The molecule has 136 valence electrons. The Kier molecular flexibility index (Phi) is 5.51. The smallest absolute Gasteiger partial charge is 0.277 e. The summed E-state index contributed by atoms with van der Waals surface area (Å²) < 4.78 is 17.1. The largest absolute Gasteiger partial charge is 0.323 e. The van der Waals surface area contributed by atoms with Gasteiger partial charge in [-0.3, -0.25) is 9.48 Å². The summed E-state index contributed by atoms with van der Waals surface area (Å²) in [5.41, 5.74) is 1.82. The highest BCUT2D eigenvalue weighted by Gasteiger charge is 2.12. The number of benzene rings is 1. The fourth-order valence-electron chi connectivity index (χ4n) is 2.64. The van der Waals surface area contributed by atoms with Crippen molar-refractivity contribution < 1.29 is 4.39 Å². The first-order valence-electron chi connectivity index (χ1n) is 8.29. The molecule has 0 unspecified atom stereocenters. The first-order valence-corrected chi connectivity index (χ1v) is 9.27. The van der Waals surface area contributed by atoms with Gasteiger partial charge >= 0.3 is 0 Å². The summed E-state index contributed by atoms with van der Waals surface area (Å²) in [5.74, 6) is 1.15. The summed E-state index contributed by atoms with van der Waals surface area (Å²) in [4.78, 5) is 20.8. The van der Waals surface area contributed by atoms with Crippen LogP contribution in [-0.2, 0) is 20.0 Å². The second-order valence-corrected chi connectivity index (χ2v) is 7.24. The first-order chi connectivity index (χ1) is 12.5. The van der Waals surface area contributed by atoms with Gasteiger partial charge in [0, 0.05) is 31.8 Å². The molecule has 0 fully saturated rings. The van der Waals surface area contributed by atoms with Gasteiger partial charge in [-0.2, -0.15) is 10.1 Å². The minimum absolute atomic E-state index is 0.225. The zero-order valence-corrected chi connectivity index (χ0v) is 15.8. The third-order valence-electron chi connectivity index (χ3n) is 3.87. The van der Waals surface area contributed by atoms with E-state index >= 15 is 0 Å². The summed E-state index contributed by atoms with van der Waals surface area (Å²) in [6, 6.07) is 5.03. The Labute approximate surface area is 155 Å². The maximum absolute atomic E-state index is 13.5. The van der Waals surface area contributed by atoms with Crippen LogP contribution in [0.3, 0.4) is 0 Å². The van der Waals surface area contributed by atoms with E-state index in [0.29, 0.717) is 35.1 Å². The normalized spacial score (nSPS) is 11.1. The van der Waals surface area contributed by atoms with Gasteiger partial charge in [0.1, 0.15) is 12.1 Å². The van der Waals surface area contributed by atoms with Crippen LogP contribution in [0.5, 0.6) is 0 Å². The molecular weight excluding hydrogens is 353 g/mol. The van der Waals surface area contributed by atoms with Gasteiger partial charge in [-0.05, 0) is 29.9 Å². The number of hydrogen-bond donors (Lipinski definition) is 0. The lowest BCUT2D eigenvalue weighted by atomic mass is 10.1. The summed E-state index contributed by atoms with van der Waals surface area (Å²) in [6.07, 6.45) is 3.73. The summed E-state index contributed by atoms with van der Waals surface area (Å²) in [6.45, 7) is 4.26. The van der Waals surface area contributed by atoms with Gasteiger partial charge in [0.25, 0.3) is 5.56 Å². The summed E-state index contributed by atoms with van der Waals surface area (Å²) >= 11 is 1.50. The van der Waals surface area contributed by atoms with Gasteiger partial charge in [0.15, 0.2) is 11.0 Å². The minimum Gasteiger partial charge on any atom is -0.323 e. The van der Waals surface area contributed by atoms with E-state index in [-0.39, 0.29) is 11.4 Å². The zero-order valence-electron chi connectivity index (χ0n) is 14.9. The molecule has 0 amide bonds. The second kappa shape index (κ2) is 7.82. The molecular formula is C18H20FN5OS. The van der Waals surface area contributed by atoms with E-state index in [9.17, 15) is 9.18 Å². The Morgan fingerprint density at radius 1 is 1.31 bits per heavy atom. The van der Waals surface area contributed by atoms with Gasteiger partial charge in [0.2, 0.25) is 0 Å². The van der Waals surface area contributed by atoms with Crippen LogP contribution in [0.25, 0.3) is 0 Å². The topological polar surface area (TPSA) is 65.6 Å². The molecule has 0 N–H and O–H groups in total. The van der Waals surface area contributed by atoms with E-state index in [2.05, 4.69) is 15.1 Å². The van der Waals surface area contributed by atoms with Crippen molar-refractivity contribution in [3.05, 3.63) is 69.4 Å². The maximum Gasteiger partial charge on any atom is 0.277 e. The molecule has 3 aromatic rings. The number of hydrogen-bond acceptors (Lipinski definition) is 5. The molecule has 0 aliphatic carbocycles. The Hall–Kier alpha value is -2.48. The fraction of sp³-hybridized carbons (Fsp3) is 0.333. The second-order valence-electron chi connectivity index (χ2n) is 6.01. The number of nitrogens with zero attached hydrogens (tertiary/aromatic N) is 5. The Morgan fingerprint density at radius 2 is 2.12 bits per heavy atom. The SMILES string of the molecule is CCSc1nc(=O)c(Cc2ncn(C)n2)cn1Cc1ccc(F)c(C)c1. The van der Waals surface area contributed by atoms with E-state index in [1.54, 1.807) is 31.0 Å². The molecule has 3 rings (SSSR count). The number of aryl methyl sites for hydroxylation is 2. The van der Waals surface area contributed by atoms with Crippen molar-refractivity contribution in [2.45, 2.75) is 32.0 Å². The van der Waals surface area contributed by atoms with Gasteiger partial charge in [0.05, 0.1) is 0 Å². The summed E-state index contributed by atoms with van der Waals surface area (Å²) in [5, 5.41) is 4.87. The molecule has 2 heterocycles. The van der Waals surface area contributed by atoms with E-state index < -0.39 is 0 Å². The number of halogens is 1.